The third-order valence-electron chi connectivity index (χ3n) is 2.96. The minimum absolute atomic E-state index is 0.0816. The van der Waals surface area contributed by atoms with Crippen LogP contribution in [0.15, 0.2) is 41.1 Å². The van der Waals surface area contributed by atoms with Gasteiger partial charge in [-0.1, -0.05) is 29.4 Å². The molecule has 19 heavy (non-hydrogen) atoms. The molecule has 3 aromatic rings. The lowest BCUT2D eigenvalue weighted by Gasteiger charge is -2.03. The largest absolute Gasteiger partial charge is 0.477 e. The smallest absolute Gasteiger partial charge is 0.341 e. The zero-order chi connectivity index (χ0) is 13.4. The number of rotatable bonds is 2. The number of hydrogen-bond donors (Lipinski definition) is 1. The number of aromatic nitrogens is 2. The molecule has 0 aliphatic rings. The Labute approximate surface area is 108 Å². The molecule has 2 aromatic heterocycles. The molecule has 0 aliphatic carbocycles. The van der Waals surface area contributed by atoms with Gasteiger partial charge in [-0.2, -0.15) is 0 Å². The first-order chi connectivity index (χ1) is 9.18. The fourth-order valence-electron chi connectivity index (χ4n) is 2.10. The number of para-hydroxylation sites is 1. The van der Waals surface area contributed by atoms with Crippen LogP contribution in [0, 0.1) is 6.92 Å². The highest BCUT2D eigenvalue weighted by Gasteiger charge is 2.22. The number of carbonyl (C=O) groups is 1. The average molecular weight is 254 g/mol. The number of fused-ring (bicyclic) bond motifs is 1. The van der Waals surface area contributed by atoms with Crippen molar-refractivity contribution in [3.63, 3.8) is 0 Å². The third-order valence-corrected chi connectivity index (χ3v) is 2.96. The lowest BCUT2D eigenvalue weighted by Crippen LogP contribution is -1.99. The number of nitrogens with zero attached hydrogens (tertiary/aromatic N) is 2. The summed E-state index contributed by atoms with van der Waals surface area (Å²) in [6.07, 6.45) is 1.67. The number of aryl methyl sites for hydroxylation is 1. The van der Waals surface area contributed by atoms with Crippen molar-refractivity contribution in [2.45, 2.75) is 6.92 Å². The number of carboxylic acids is 1. The molecule has 1 aromatic carbocycles. The van der Waals surface area contributed by atoms with Gasteiger partial charge < -0.3 is 9.63 Å². The predicted molar refractivity (Wildman–Crippen MR) is 68.9 cm³/mol. The molecule has 5 heteroatoms. The SMILES string of the molecule is Cc1onc(-c2cccc3cccnc23)c1C(=O)O. The van der Waals surface area contributed by atoms with Gasteiger partial charge in [-0.15, -0.1) is 0 Å². The van der Waals surface area contributed by atoms with Crippen molar-refractivity contribution >= 4 is 16.9 Å². The standard InChI is InChI=1S/C14H10N2O3/c1-8-11(14(17)18)13(16-19-8)10-6-2-4-9-5-3-7-15-12(9)10/h2-7H,1H3,(H,17,18). The topological polar surface area (TPSA) is 76.2 Å². The van der Waals surface area contributed by atoms with Crippen molar-refractivity contribution in [2.75, 3.05) is 0 Å². The van der Waals surface area contributed by atoms with Crippen LogP contribution in [-0.4, -0.2) is 21.2 Å². The summed E-state index contributed by atoms with van der Waals surface area (Å²) in [6, 6.07) is 9.30. The Morgan fingerprint density at radius 3 is 2.84 bits per heavy atom. The van der Waals surface area contributed by atoms with Gasteiger partial charge in [-0.05, 0) is 13.0 Å². The fourth-order valence-corrected chi connectivity index (χ4v) is 2.10. The predicted octanol–water partition coefficient (Wildman–Crippen LogP) is 2.90. The minimum atomic E-state index is -1.05. The highest BCUT2D eigenvalue weighted by atomic mass is 16.5. The molecule has 0 spiro atoms. The van der Waals surface area contributed by atoms with E-state index in [4.69, 9.17) is 4.52 Å². The van der Waals surface area contributed by atoms with Gasteiger partial charge in [0.05, 0.1) is 5.52 Å². The summed E-state index contributed by atoms with van der Waals surface area (Å²) in [6.45, 7) is 1.58. The van der Waals surface area contributed by atoms with E-state index in [0.717, 1.165) is 5.39 Å². The van der Waals surface area contributed by atoms with Crippen molar-refractivity contribution in [3.8, 4) is 11.3 Å². The molecule has 0 bridgehead atoms. The Morgan fingerprint density at radius 2 is 2.05 bits per heavy atom. The van der Waals surface area contributed by atoms with Gasteiger partial charge in [-0.3, -0.25) is 4.98 Å². The quantitative estimate of drug-likeness (QED) is 0.760. The molecular weight excluding hydrogens is 244 g/mol. The zero-order valence-electron chi connectivity index (χ0n) is 10.1. The summed E-state index contributed by atoms with van der Waals surface area (Å²) >= 11 is 0. The van der Waals surface area contributed by atoms with Crippen LogP contribution in [0.2, 0.25) is 0 Å². The summed E-state index contributed by atoms with van der Waals surface area (Å²) in [5.41, 5.74) is 1.76. The molecule has 0 amide bonds. The van der Waals surface area contributed by atoms with E-state index in [-0.39, 0.29) is 11.3 Å². The fraction of sp³-hybridized carbons (Fsp3) is 0.0714. The van der Waals surface area contributed by atoms with Gasteiger partial charge in [0.2, 0.25) is 0 Å². The van der Waals surface area contributed by atoms with E-state index < -0.39 is 5.97 Å². The van der Waals surface area contributed by atoms with E-state index in [2.05, 4.69) is 10.1 Å². The molecule has 1 N–H and O–H groups in total. The van der Waals surface area contributed by atoms with E-state index in [9.17, 15) is 9.90 Å². The Balaban J connectivity index is 2.34. The maximum Gasteiger partial charge on any atom is 0.341 e. The molecule has 0 aliphatic heterocycles. The van der Waals surface area contributed by atoms with Crippen LogP contribution in [0.4, 0.5) is 0 Å². The molecular formula is C14H10N2O3. The maximum absolute atomic E-state index is 11.3. The third kappa shape index (κ3) is 1.76. The first-order valence-electron chi connectivity index (χ1n) is 5.72. The number of benzene rings is 1. The second-order valence-corrected chi connectivity index (χ2v) is 4.15. The molecule has 0 radical (unpaired) electrons. The van der Waals surface area contributed by atoms with E-state index in [0.29, 0.717) is 16.8 Å². The van der Waals surface area contributed by atoms with Gasteiger partial charge in [0.15, 0.2) is 0 Å². The van der Waals surface area contributed by atoms with Gasteiger partial charge in [0, 0.05) is 17.1 Å². The number of carboxylic acid groups (broad SMARTS) is 1. The molecule has 0 unspecified atom stereocenters. The Kier molecular flexibility index (Phi) is 2.52. The second-order valence-electron chi connectivity index (χ2n) is 4.15. The Morgan fingerprint density at radius 1 is 1.26 bits per heavy atom. The minimum Gasteiger partial charge on any atom is -0.477 e. The van der Waals surface area contributed by atoms with E-state index in [1.165, 1.54) is 0 Å². The zero-order valence-corrected chi connectivity index (χ0v) is 10.1. The van der Waals surface area contributed by atoms with Crippen LogP contribution in [0.1, 0.15) is 16.1 Å². The number of hydrogen-bond acceptors (Lipinski definition) is 4. The average Bonchev–Trinajstić information content (AvgIpc) is 2.80. The van der Waals surface area contributed by atoms with Gasteiger partial charge in [0.25, 0.3) is 0 Å². The molecule has 0 saturated heterocycles. The van der Waals surface area contributed by atoms with Crippen LogP contribution in [0.5, 0.6) is 0 Å². The van der Waals surface area contributed by atoms with E-state index in [1.54, 1.807) is 19.2 Å². The highest BCUT2D eigenvalue weighted by Crippen LogP contribution is 2.30. The van der Waals surface area contributed by atoms with Gasteiger partial charge >= 0.3 is 5.97 Å². The van der Waals surface area contributed by atoms with Gasteiger partial charge in [-0.25, -0.2) is 4.79 Å². The molecule has 2 heterocycles. The Bertz CT molecular complexity index is 772. The lowest BCUT2D eigenvalue weighted by atomic mass is 10.0. The van der Waals surface area contributed by atoms with Crippen molar-refractivity contribution in [2.24, 2.45) is 0 Å². The summed E-state index contributed by atoms with van der Waals surface area (Å²) in [5, 5.41) is 14.0. The van der Waals surface area contributed by atoms with Crippen LogP contribution >= 0.6 is 0 Å². The van der Waals surface area contributed by atoms with E-state index >= 15 is 0 Å². The summed E-state index contributed by atoms with van der Waals surface area (Å²) < 4.78 is 5.00. The van der Waals surface area contributed by atoms with Gasteiger partial charge in [0.1, 0.15) is 17.0 Å². The first kappa shape index (κ1) is 11.4. The first-order valence-corrected chi connectivity index (χ1v) is 5.72. The van der Waals surface area contributed by atoms with Crippen LogP contribution in [0.25, 0.3) is 22.2 Å². The highest BCUT2D eigenvalue weighted by molar-refractivity contribution is 6.01. The van der Waals surface area contributed by atoms with Crippen LogP contribution in [0.3, 0.4) is 0 Å². The number of aromatic carboxylic acids is 1. The molecule has 0 fully saturated rings. The van der Waals surface area contributed by atoms with Crippen LogP contribution in [-0.2, 0) is 0 Å². The normalized spacial score (nSPS) is 10.8. The lowest BCUT2D eigenvalue weighted by molar-refractivity contribution is 0.0696. The maximum atomic E-state index is 11.3. The summed E-state index contributed by atoms with van der Waals surface area (Å²) in [5.74, 6) is -0.767. The van der Waals surface area contributed by atoms with Crippen LogP contribution < -0.4 is 0 Å². The van der Waals surface area contributed by atoms with Crippen molar-refractivity contribution in [1.82, 2.24) is 10.1 Å². The van der Waals surface area contributed by atoms with Crippen molar-refractivity contribution in [3.05, 3.63) is 47.9 Å². The van der Waals surface area contributed by atoms with E-state index in [1.807, 2.05) is 24.3 Å². The molecule has 0 saturated carbocycles. The summed E-state index contributed by atoms with van der Waals surface area (Å²) in [7, 11) is 0. The molecule has 94 valence electrons. The summed E-state index contributed by atoms with van der Waals surface area (Å²) in [4.78, 5) is 15.6. The second kappa shape index (κ2) is 4.20. The molecule has 0 atom stereocenters. The monoisotopic (exact) mass is 254 g/mol. The molecule has 5 nitrogen and oxygen atoms in total. The Hall–Kier alpha value is -2.69. The van der Waals surface area contributed by atoms with Crippen molar-refractivity contribution in [1.29, 1.82) is 0 Å². The number of pyridine rings is 1. The van der Waals surface area contributed by atoms with Crippen molar-refractivity contribution < 1.29 is 14.4 Å². The molecule has 3 rings (SSSR count).